The Morgan fingerprint density at radius 3 is 2.76 bits per heavy atom. The fourth-order valence-electron chi connectivity index (χ4n) is 2.20. The maximum atomic E-state index is 13.5. The van der Waals surface area contributed by atoms with E-state index in [-0.39, 0.29) is 5.82 Å². The molecule has 1 aromatic heterocycles. The molecule has 21 heavy (non-hydrogen) atoms. The Labute approximate surface area is 130 Å². The van der Waals surface area contributed by atoms with Crippen molar-refractivity contribution in [3.05, 3.63) is 58.4 Å². The van der Waals surface area contributed by atoms with E-state index < -0.39 is 0 Å². The zero-order valence-corrected chi connectivity index (χ0v) is 12.9. The van der Waals surface area contributed by atoms with Gasteiger partial charge in [-0.25, -0.2) is 4.39 Å². The standard InChI is InChI=1S/C16H13BrFN3/c1-9-6-13(18)12(17)8-15(9)21-14-4-5-20-16-7-10(19)2-3-11(14)16/h2-8H,19H2,1H3,(H,20,21). The first-order valence-electron chi connectivity index (χ1n) is 6.41. The highest BCUT2D eigenvalue weighted by Crippen LogP contribution is 2.30. The van der Waals surface area contributed by atoms with Crippen molar-refractivity contribution in [1.29, 1.82) is 0 Å². The van der Waals surface area contributed by atoms with Gasteiger partial charge in [0.25, 0.3) is 0 Å². The Kier molecular flexibility index (Phi) is 3.51. The van der Waals surface area contributed by atoms with E-state index in [9.17, 15) is 4.39 Å². The Morgan fingerprint density at radius 2 is 1.95 bits per heavy atom. The molecule has 0 atom stereocenters. The molecular weight excluding hydrogens is 333 g/mol. The summed E-state index contributed by atoms with van der Waals surface area (Å²) in [5, 5.41) is 4.29. The highest BCUT2D eigenvalue weighted by molar-refractivity contribution is 9.10. The summed E-state index contributed by atoms with van der Waals surface area (Å²) in [4.78, 5) is 4.31. The number of aromatic nitrogens is 1. The lowest BCUT2D eigenvalue weighted by Gasteiger charge is -2.13. The van der Waals surface area contributed by atoms with Crippen LogP contribution in [-0.2, 0) is 0 Å². The van der Waals surface area contributed by atoms with Crippen LogP contribution in [0.2, 0.25) is 0 Å². The molecule has 0 aliphatic carbocycles. The summed E-state index contributed by atoms with van der Waals surface area (Å²) in [6, 6.07) is 10.7. The number of anilines is 3. The van der Waals surface area contributed by atoms with Crippen LogP contribution in [0.15, 0.2) is 47.1 Å². The number of nitrogens with two attached hydrogens (primary N) is 1. The Hall–Kier alpha value is -2.14. The molecule has 0 saturated heterocycles. The molecule has 0 radical (unpaired) electrons. The zero-order chi connectivity index (χ0) is 15.0. The van der Waals surface area contributed by atoms with E-state index in [4.69, 9.17) is 5.73 Å². The van der Waals surface area contributed by atoms with Crippen LogP contribution in [0.5, 0.6) is 0 Å². The summed E-state index contributed by atoms with van der Waals surface area (Å²) < 4.78 is 13.9. The van der Waals surface area contributed by atoms with Gasteiger partial charge >= 0.3 is 0 Å². The normalized spacial score (nSPS) is 10.8. The molecule has 0 fully saturated rings. The number of nitrogens with one attached hydrogen (secondary N) is 1. The Bertz CT molecular complexity index is 833. The molecule has 3 nitrogen and oxygen atoms in total. The maximum Gasteiger partial charge on any atom is 0.137 e. The molecule has 3 N–H and O–H groups in total. The van der Waals surface area contributed by atoms with Crippen molar-refractivity contribution < 1.29 is 4.39 Å². The van der Waals surface area contributed by atoms with Crippen LogP contribution in [0.25, 0.3) is 10.9 Å². The van der Waals surface area contributed by atoms with Gasteiger partial charge in [0.05, 0.1) is 9.99 Å². The van der Waals surface area contributed by atoms with Crippen LogP contribution in [0, 0.1) is 12.7 Å². The first-order chi connectivity index (χ1) is 10.0. The van der Waals surface area contributed by atoms with Crippen LogP contribution < -0.4 is 11.1 Å². The minimum Gasteiger partial charge on any atom is -0.399 e. The number of nitrogen functional groups attached to an aromatic ring is 1. The Balaban J connectivity index is 2.08. The molecule has 0 aliphatic rings. The molecule has 0 spiro atoms. The van der Waals surface area contributed by atoms with Crippen LogP contribution >= 0.6 is 15.9 Å². The van der Waals surface area contributed by atoms with Gasteiger partial charge in [-0.05, 0) is 64.8 Å². The van der Waals surface area contributed by atoms with Crippen LogP contribution in [0.3, 0.4) is 0 Å². The molecule has 0 aliphatic heterocycles. The number of hydrogen-bond donors (Lipinski definition) is 2. The third kappa shape index (κ3) is 2.69. The van der Waals surface area contributed by atoms with Crippen molar-refractivity contribution in [3.63, 3.8) is 0 Å². The molecule has 3 aromatic rings. The number of nitrogens with zero attached hydrogens (tertiary/aromatic N) is 1. The van der Waals surface area contributed by atoms with Gasteiger partial charge in [-0.1, -0.05) is 0 Å². The topological polar surface area (TPSA) is 50.9 Å². The molecule has 0 unspecified atom stereocenters. The van der Waals surface area contributed by atoms with Gasteiger partial charge in [-0.3, -0.25) is 4.98 Å². The first-order valence-corrected chi connectivity index (χ1v) is 7.21. The first kappa shape index (κ1) is 13.8. The summed E-state index contributed by atoms with van der Waals surface area (Å²) in [7, 11) is 0. The predicted octanol–water partition coefficient (Wildman–Crippen LogP) is 4.77. The Morgan fingerprint density at radius 1 is 1.14 bits per heavy atom. The average Bonchev–Trinajstić information content (AvgIpc) is 2.44. The molecular formula is C16H13BrFN3. The second kappa shape index (κ2) is 5.33. The van der Waals surface area contributed by atoms with Crippen LogP contribution in [0.4, 0.5) is 21.5 Å². The zero-order valence-electron chi connectivity index (χ0n) is 11.3. The van der Waals surface area contributed by atoms with Gasteiger partial charge in [0, 0.05) is 28.6 Å². The van der Waals surface area contributed by atoms with Gasteiger partial charge in [0.1, 0.15) is 5.82 Å². The van der Waals surface area contributed by atoms with Crippen molar-refractivity contribution >= 4 is 43.9 Å². The predicted molar refractivity (Wildman–Crippen MR) is 88.3 cm³/mol. The monoisotopic (exact) mass is 345 g/mol. The maximum absolute atomic E-state index is 13.5. The smallest absolute Gasteiger partial charge is 0.137 e. The molecule has 0 saturated carbocycles. The molecule has 5 heteroatoms. The van der Waals surface area contributed by atoms with Gasteiger partial charge in [0.15, 0.2) is 0 Å². The number of halogens is 2. The SMILES string of the molecule is Cc1cc(F)c(Br)cc1Nc1ccnc2cc(N)ccc12. The highest BCUT2D eigenvalue weighted by Gasteiger charge is 2.08. The third-order valence-electron chi connectivity index (χ3n) is 3.30. The molecule has 1 heterocycles. The number of pyridine rings is 1. The van der Waals surface area contributed by atoms with Crippen LogP contribution in [0.1, 0.15) is 5.56 Å². The highest BCUT2D eigenvalue weighted by atomic mass is 79.9. The van der Waals surface area contributed by atoms with E-state index in [0.29, 0.717) is 10.2 Å². The summed E-state index contributed by atoms with van der Waals surface area (Å²) >= 11 is 3.21. The van der Waals surface area contributed by atoms with E-state index in [2.05, 4.69) is 26.2 Å². The molecule has 0 bridgehead atoms. The average molecular weight is 346 g/mol. The largest absolute Gasteiger partial charge is 0.399 e. The lowest BCUT2D eigenvalue weighted by molar-refractivity contribution is 0.620. The molecule has 3 rings (SSSR count). The summed E-state index contributed by atoms with van der Waals surface area (Å²) in [5.41, 5.74) is 9.85. The fourth-order valence-corrected chi connectivity index (χ4v) is 2.54. The summed E-state index contributed by atoms with van der Waals surface area (Å²) in [6.07, 6.45) is 1.72. The minimum absolute atomic E-state index is 0.273. The summed E-state index contributed by atoms with van der Waals surface area (Å²) in [6.45, 7) is 1.86. The second-order valence-electron chi connectivity index (χ2n) is 4.84. The van der Waals surface area contributed by atoms with E-state index in [1.165, 1.54) is 6.07 Å². The van der Waals surface area contributed by atoms with Crippen molar-refractivity contribution in [2.45, 2.75) is 6.92 Å². The molecule has 2 aromatic carbocycles. The van der Waals surface area contributed by atoms with Gasteiger partial charge in [-0.2, -0.15) is 0 Å². The number of fused-ring (bicyclic) bond motifs is 1. The fraction of sp³-hybridized carbons (Fsp3) is 0.0625. The number of aryl methyl sites for hydroxylation is 1. The van der Waals surface area contributed by atoms with E-state index in [1.54, 1.807) is 12.3 Å². The quantitative estimate of drug-likeness (QED) is 0.657. The lowest BCUT2D eigenvalue weighted by Crippen LogP contribution is -1.96. The molecule has 106 valence electrons. The second-order valence-corrected chi connectivity index (χ2v) is 5.70. The number of benzene rings is 2. The number of rotatable bonds is 2. The van der Waals surface area contributed by atoms with Crippen molar-refractivity contribution in [1.82, 2.24) is 4.98 Å². The summed E-state index contributed by atoms with van der Waals surface area (Å²) in [5.74, 6) is -0.273. The van der Waals surface area contributed by atoms with Gasteiger partial charge < -0.3 is 11.1 Å². The lowest BCUT2D eigenvalue weighted by atomic mass is 10.1. The number of hydrogen-bond acceptors (Lipinski definition) is 3. The third-order valence-corrected chi connectivity index (χ3v) is 3.91. The van der Waals surface area contributed by atoms with Crippen molar-refractivity contribution in [2.24, 2.45) is 0 Å². The van der Waals surface area contributed by atoms with E-state index >= 15 is 0 Å². The van der Waals surface area contributed by atoms with Gasteiger partial charge in [-0.15, -0.1) is 0 Å². The minimum atomic E-state index is -0.273. The van der Waals surface area contributed by atoms with E-state index in [1.807, 2.05) is 31.2 Å². The van der Waals surface area contributed by atoms with Crippen molar-refractivity contribution in [2.75, 3.05) is 11.1 Å². The van der Waals surface area contributed by atoms with E-state index in [0.717, 1.165) is 27.8 Å². The van der Waals surface area contributed by atoms with Crippen molar-refractivity contribution in [3.8, 4) is 0 Å². The van der Waals surface area contributed by atoms with Gasteiger partial charge in [0.2, 0.25) is 0 Å². The van der Waals surface area contributed by atoms with Crippen LogP contribution in [-0.4, -0.2) is 4.98 Å². The molecule has 0 amide bonds.